The number of carboxylic acids is 1. The molecule has 1 saturated heterocycles. The number of aliphatic carboxylic acids is 1. The number of carbonyl (C=O) groups is 2. The Morgan fingerprint density at radius 2 is 1.94 bits per heavy atom. The van der Waals surface area contributed by atoms with Gasteiger partial charge in [-0.05, 0) is 5.56 Å². The summed E-state index contributed by atoms with van der Waals surface area (Å²) in [5.74, 6) is -1.24. The first kappa shape index (κ1) is 11.4. The van der Waals surface area contributed by atoms with Gasteiger partial charge >= 0.3 is 12.0 Å². The molecule has 5 heteroatoms. The minimum Gasteiger partial charge on any atom is -0.481 e. The lowest BCUT2D eigenvalue weighted by atomic mass is 10.0. The van der Waals surface area contributed by atoms with Crippen molar-refractivity contribution >= 4 is 12.0 Å². The smallest absolute Gasteiger partial charge is 0.317 e. The maximum atomic E-state index is 11.6. The fourth-order valence-corrected chi connectivity index (χ4v) is 1.69. The number of benzene rings is 1. The van der Waals surface area contributed by atoms with Gasteiger partial charge < -0.3 is 15.3 Å². The second-order valence-electron chi connectivity index (χ2n) is 4.08. The van der Waals surface area contributed by atoms with Gasteiger partial charge in [-0.25, -0.2) is 4.79 Å². The number of rotatable bonds is 3. The number of urea groups is 1. The van der Waals surface area contributed by atoms with Crippen molar-refractivity contribution in [2.45, 2.75) is 6.54 Å². The monoisotopic (exact) mass is 234 g/mol. The highest BCUT2D eigenvalue weighted by atomic mass is 16.4. The molecule has 2 rings (SSSR count). The van der Waals surface area contributed by atoms with Crippen molar-refractivity contribution in [1.82, 2.24) is 10.2 Å². The Balaban J connectivity index is 1.74. The van der Waals surface area contributed by atoms with Crippen LogP contribution in [0.4, 0.5) is 4.79 Å². The lowest BCUT2D eigenvalue weighted by Crippen LogP contribution is -2.56. The van der Waals surface area contributed by atoms with E-state index in [9.17, 15) is 9.59 Å². The molecule has 2 amide bonds. The van der Waals surface area contributed by atoms with Gasteiger partial charge in [-0.3, -0.25) is 4.79 Å². The number of carboxylic acid groups (broad SMARTS) is 1. The molecule has 2 N–H and O–H groups in total. The molecule has 1 fully saturated rings. The molecule has 90 valence electrons. The molecule has 0 atom stereocenters. The maximum Gasteiger partial charge on any atom is 0.317 e. The molecule has 1 aliphatic rings. The van der Waals surface area contributed by atoms with Gasteiger partial charge in [0, 0.05) is 19.6 Å². The Morgan fingerprint density at radius 3 is 2.53 bits per heavy atom. The third kappa shape index (κ3) is 2.75. The van der Waals surface area contributed by atoms with Gasteiger partial charge in [0.25, 0.3) is 0 Å². The largest absolute Gasteiger partial charge is 0.481 e. The summed E-state index contributed by atoms with van der Waals surface area (Å²) in [6.07, 6.45) is 0. The number of likely N-dealkylation sites (tertiary alicyclic amines) is 1. The average molecular weight is 234 g/mol. The molecule has 1 aromatic rings. The van der Waals surface area contributed by atoms with E-state index < -0.39 is 11.9 Å². The molecule has 5 nitrogen and oxygen atoms in total. The van der Waals surface area contributed by atoms with E-state index >= 15 is 0 Å². The Morgan fingerprint density at radius 1 is 1.29 bits per heavy atom. The molecule has 0 saturated carbocycles. The Hall–Kier alpha value is -2.04. The Bertz CT molecular complexity index is 413. The third-order valence-corrected chi connectivity index (χ3v) is 2.80. The number of hydrogen-bond acceptors (Lipinski definition) is 2. The Labute approximate surface area is 99.0 Å². The van der Waals surface area contributed by atoms with Crippen molar-refractivity contribution in [2.75, 3.05) is 13.1 Å². The van der Waals surface area contributed by atoms with E-state index in [1.165, 1.54) is 4.90 Å². The minimum absolute atomic E-state index is 0.202. The van der Waals surface area contributed by atoms with Gasteiger partial charge in [0.2, 0.25) is 0 Å². The zero-order chi connectivity index (χ0) is 12.3. The molecule has 0 radical (unpaired) electrons. The molecule has 1 aliphatic heterocycles. The number of carbonyl (C=O) groups excluding carboxylic acids is 1. The number of amides is 2. The second-order valence-corrected chi connectivity index (χ2v) is 4.08. The van der Waals surface area contributed by atoms with Crippen LogP contribution in [0.25, 0.3) is 0 Å². The predicted octanol–water partition coefficient (Wildman–Crippen LogP) is 0.913. The molecule has 0 aliphatic carbocycles. The zero-order valence-electron chi connectivity index (χ0n) is 9.30. The van der Waals surface area contributed by atoms with Crippen molar-refractivity contribution in [2.24, 2.45) is 5.92 Å². The summed E-state index contributed by atoms with van der Waals surface area (Å²) < 4.78 is 0. The molecule has 0 bridgehead atoms. The number of nitrogens with one attached hydrogen (secondary N) is 1. The van der Waals surface area contributed by atoms with Crippen LogP contribution < -0.4 is 5.32 Å². The van der Waals surface area contributed by atoms with Crippen LogP contribution in [-0.2, 0) is 11.3 Å². The van der Waals surface area contributed by atoms with Crippen LogP contribution in [0.3, 0.4) is 0 Å². The van der Waals surface area contributed by atoms with Gasteiger partial charge in [0.05, 0.1) is 5.92 Å². The summed E-state index contributed by atoms with van der Waals surface area (Å²) in [7, 11) is 0. The van der Waals surface area contributed by atoms with E-state index in [-0.39, 0.29) is 6.03 Å². The molecule has 0 unspecified atom stereocenters. The average Bonchev–Trinajstić information content (AvgIpc) is 2.25. The van der Waals surface area contributed by atoms with E-state index in [0.29, 0.717) is 19.6 Å². The maximum absolute atomic E-state index is 11.6. The van der Waals surface area contributed by atoms with E-state index in [2.05, 4.69) is 5.32 Å². The molecule has 1 aromatic carbocycles. The van der Waals surface area contributed by atoms with Crippen LogP contribution in [0.1, 0.15) is 5.56 Å². The van der Waals surface area contributed by atoms with E-state index in [4.69, 9.17) is 5.11 Å². The fourth-order valence-electron chi connectivity index (χ4n) is 1.69. The van der Waals surface area contributed by atoms with Gasteiger partial charge in [0.15, 0.2) is 0 Å². The highest BCUT2D eigenvalue weighted by Gasteiger charge is 2.35. The van der Waals surface area contributed by atoms with Gasteiger partial charge in [-0.2, -0.15) is 0 Å². The van der Waals surface area contributed by atoms with Crippen molar-refractivity contribution < 1.29 is 14.7 Å². The van der Waals surface area contributed by atoms with Crippen molar-refractivity contribution in [3.05, 3.63) is 35.9 Å². The molecule has 0 aromatic heterocycles. The van der Waals surface area contributed by atoms with E-state index in [1.54, 1.807) is 0 Å². The van der Waals surface area contributed by atoms with Gasteiger partial charge in [-0.15, -0.1) is 0 Å². The van der Waals surface area contributed by atoms with E-state index in [1.807, 2.05) is 30.3 Å². The predicted molar refractivity (Wildman–Crippen MR) is 61.4 cm³/mol. The molecule has 1 heterocycles. The summed E-state index contributed by atoms with van der Waals surface area (Å²) >= 11 is 0. The number of nitrogens with zero attached hydrogens (tertiary/aromatic N) is 1. The molecular formula is C12H14N2O3. The number of hydrogen-bond donors (Lipinski definition) is 2. The quantitative estimate of drug-likeness (QED) is 0.816. The standard InChI is InChI=1S/C12H14N2O3/c15-11(16)10-7-14(8-10)12(17)13-6-9-4-2-1-3-5-9/h1-5,10H,6-8H2,(H,13,17)(H,15,16). The topological polar surface area (TPSA) is 69.6 Å². The lowest BCUT2D eigenvalue weighted by Gasteiger charge is -2.36. The SMILES string of the molecule is O=C(O)C1CN(C(=O)NCc2ccccc2)C1. The normalized spacial score (nSPS) is 15.2. The summed E-state index contributed by atoms with van der Waals surface area (Å²) in [5.41, 5.74) is 1.02. The van der Waals surface area contributed by atoms with E-state index in [0.717, 1.165) is 5.56 Å². The summed E-state index contributed by atoms with van der Waals surface area (Å²) in [6, 6.07) is 9.38. The zero-order valence-corrected chi connectivity index (χ0v) is 9.30. The van der Waals surface area contributed by atoms with Crippen molar-refractivity contribution in [3.8, 4) is 0 Å². The van der Waals surface area contributed by atoms with Crippen LogP contribution in [0.5, 0.6) is 0 Å². The van der Waals surface area contributed by atoms with Crippen molar-refractivity contribution in [1.29, 1.82) is 0 Å². The summed E-state index contributed by atoms with van der Waals surface area (Å²) in [4.78, 5) is 23.7. The second kappa shape index (κ2) is 4.86. The summed E-state index contributed by atoms with van der Waals surface area (Å²) in [5, 5.41) is 11.4. The van der Waals surface area contributed by atoms with Crippen molar-refractivity contribution in [3.63, 3.8) is 0 Å². The lowest BCUT2D eigenvalue weighted by molar-refractivity contribution is -0.146. The minimum atomic E-state index is -0.836. The van der Waals surface area contributed by atoms with Crippen LogP contribution >= 0.6 is 0 Å². The van der Waals surface area contributed by atoms with Gasteiger partial charge in [-0.1, -0.05) is 30.3 Å². The first-order valence-corrected chi connectivity index (χ1v) is 5.46. The third-order valence-electron chi connectivity index (χ3n) is 2.80. The van der Waals surface area contributed by atoms with Crippen LogP contribution in [0.15, 0.2) is 30.3 Å². The highest BCUT2D eigenvalue weighted by Crippen LogP contribution is 2.15. The molecular weight excluding hydrogens is 220 g/mol. The highest BCUT2D eigenvalue weighted by molar-refractivity contribution is 5.79. The molecule has 0 spiro atoms. The molecule has 17 heavy (non-hydrogen) atoms. The first-order valence-electron chi connectivity index (χ1n) is 5.46. The van der Waals surface area contributed by atoms with Crippen LogP contribution in [0.2, 0.25) is 0 Å². The summed E-state index contributed by atoms with van der Waals surface area (Å²) in [6.45, 7) is 1.07. The van der Waals surface area contributed by atoms with Crippen LogP contribution in [0, 0.1) is 5.92 Å². The first-order chi connectivity index (χ1) is 8.16. The Kier molecular flexibility index (Phi) is 3.27. The van der Waals surface area contributed by atoms with Crippen LogP contribution in [-0.4, -0.2) is 35.1 Å². The van der Waals surface area contributed by atoms with Gasteiger partial charge in [0.1, 0.15) is 0 Å². The fraction of sp³-hybridized carbons (Fsp3) is 0.333.